The van der Waals surface area contributed by atoms with Crippen molar-refractivity contribution >= 4 is 28.3 Å². The Bertz CT molecular complexity index is 1580. The molecule has 0 N–H and O–H groups in total. The minimum absolute atomic E-state index is 0.169. The molecule has 0 aliphatic carbocycles. The van der Waals surface area contributed by atoms with Crippen LogP contribution < -0.4 is 20.7 Å². The Balaban J connectivity index is 1.35. The molecular formula is C29H29ClFN3O5. The number of nitrogens with zero attached hydrogens (tertiary/aromatic N) is 3. The van der Waals surface area contributed by atoms with Crippen LogP contribution >= 0.6 is 11.6 Å². The molecular weight excluding hydrogens is 525 g/mol. The normalized spacial score (nSPS) is 14.6. The molecule has 0 radical (unpaired) electrons. The first-order chi connectivity index (χ1) is 19.0. The summed E-state index contributed by atoms with van der Waals surface area (Å²) >= 11 is 6.46. The minimum Gasteiger partial charge on any atom is -0.494 e. The summed E-state index contributed by atoms with van der Waals surface area (Å²) in [5.41, 5.74) is 2.02. The van der Waals surface area contributed by atoms with E-state index in [1.165, 1.54) is 16.7 Å². The number of morpholine rings is 1. The zero-order valence-corrected chi connectivity index (χ0v) is 22.3. The minimum atomic E-state index is -0.540. The predicted molar refractivity (Wildman–Crippen MR) is 146 cm³/mol. The zero-order chi connectivity index (χ0) is 27.2. The van der Waals surface area contributed by atoms with Gasteiger partial charge < -0.3 is 18.6 Å². The van der Waals surface area contributed by atoms with E-state index in [1.807, 2.05) is 6.07 Å². The number of aromatic nitrogens is 1. The molecule has 0 atom stereocenters. The van der Waals surface area contributed by atoms with Crippen LogP contribution in [0, 0.1) is 5.82 Å². The molecule has 0 amide bonds. The molecule has 8 nitrogen and oxygen atoms in total. The first kappa shape index (κ1) is 26.9. The predicted octanol–water partition coefficient (Wildman–Crippen LogP) is 4.84. The molecule has 5 rings (SSSR count). The van der Waals surface area contributed by atoms with E-state index in [-0.39, 0.29) is 12.4 Å². The van der Waals surface area contributed by atoms with Crippen LogP contribution in [-0.4, -0.2) is 48.9 Å². The van der Waals surface area contributed by atoms with Gasteiger partial charge in [-0.15, -0.1) is 0 Å². The largest absolute Gasteiger partial charge is 0.494 e. The second kappa shape index (κ2) is 12.5. The van der Waals surface area contributed by atoms with Crippen molar-refractivity contribution in [2.75, 3.05) is 39.5 Å². The summed E-state index contributed by atoms with van der Waals surface area (Å²) in [6, 6.07) is 16.6. The molecule has 1 aromatic heterocycles. The van der Waals surface area contributed by atoms with Crippen LogP contribution in [0.25, 0.3) is 11.0 Å². The second-order valence-corrected chi connectivity index (χ2v) is 9.62. The summed E-state index contributed by atoms with van der Waals surface area (Å²) in [5, 5.41) is 0.970. The molecule has 2 heterocycles. The molecule has 204 valence electrons. The third kappa shape index (κ3) is 6.86. The standard InChI is InChI=1S/C29H29ClFN3O5/c1-33-28(32-22-6-8-27(25(30)17-22)38-19-20-4-2-5-21(31)16-20)24-18-23(7-9-26(24)39-29(33)35)37-13-3-10-34-11-14-36-15-12-34/h2,4-9,16-18H,3,10-15,19H2,1H3. The van der Waals surface area contributed by atoms with Crippen LogP contribution in [0.3, 0.4) is 0 Å². The first-order valence-electron chi connectivity index (χ1n) is 12.7. The van der Waals surface area contributed by atoms with Gasteiger partial charge in [0.2, 0.25) is 0 Å². The fourth-order valence-corrected chi connectivity index (χ4v) is 4.55. The Labute approximate surface area is 229 Å². The van der Waals surface area contributed by atoms with Gasteiger partial charge in [-0.3, -0.25) is 9.47 Å². The van der Waals surface area contributed by atoms with Crippen molar-refractivity contribution < 1.29 is 23.0 Å². The Kier molecular flexibility index (Phi) is 8.61. The summed E-state index contributed by atoms with van der Waals surface area (Å²) in [6.45, 7) is 5.12. The third-order valence-electron chi connectivity index (χ3n) is 6.41. The van der Waals surface area contributed by atoms with E-state index in [4.69, 9.17) is 35.2 Å². The molecule has 1 saturated heterocycles. The number of halogens is 2. The van der Waals surface area contributed by atoms with Crippen molar-refractivity contribution in [1.29, 1.82) is 0 Å². The van der Waals surface area contributed by atoms with Gasteiger partial charge in [-0.05, 0) is 60.5 Å². The van der Waals surface area contributed by atoms with Gasteiger partial charge in [-0.25, -0.2) is 14.2 Å². The molecule has 1 aliphatic heterocycles. The highest BCUT2D eigenvalue weighted by atomic mass is 35.5. The fourth-order valence-electron chi connectivity index (χ4n) is 4.32. The average molecular weight is 554 g/mol. The lowest BCUT2D eigenvalue weighted by Crippen LogP contribution is -2.37. The molecule has 1 aliphatic rings. The van der Waals surface area contributed by atoms with E-state index in [2.05, 4.69) is 4.90 Å². The van der Waals surface area contributed by atoms with Gasteiger partial charge in [0, 0.05) is 26.7 Å². The van der Waals surface area contributed by atoms with Gasteiger partial charge in [-0.1, -0.05) is 23.7 Å². The zero-order valence-electron chi connectivity index (χ0n) is 21.6. The number of rotatable bonds is 9. The highest BCUT2D eigenvalue weighted by Gasteiger charge is 2.11. The quantitative estimate of drug-likeness (QED) is 0.276. The summed E-state index contributed by atoms with van der Waals surface area (Å²) < 4.78 is 37.4. The van der Waals surface area contributed by atoms with Crippen molar-refractivity contribution in [1.82, 2.24) is 9.47 Å². The summed E-state index contributed by atoms with van der Waals surface area (Å²) in [7, 11) is 1.60. The van der Waals surface area contributed by atoms with Gasteiger partial charge in [0.15, 0.2) is 0 Å². The van der Waals surface area contributed by atoms with Gasteiger partial charge in [0.1, 0.15) is 35.0 Å². The third-order valence-corrected chi connectivity index (χ3v) is 6.70. The summed E-state index contributed by atoms with van der Waals surface area (Å²) in [6.07, 6.45) is 0.888. The maximum atomic E-state index is 13.4. The Morgan fingerprint density at radius 3 is 2.69 bits per heavy atom. The Morgan fingerprint density at radius 1 is 1.05 bits per heavy atom. The van der Waals surface area contributed by atoms with Crippen LogP contribution in [0.4, 0.5) is 10.1 Å². The molecule has 1 fully saturated rings. The van der Waals surface area contributed by atoms with E-state index >= 15 is 0 Å². The van der Waals surface area contributed by atoms with Crippen LogP contribution in [-0.2, 0) is 18.4 Å². The lowest BCUT2D eigenvalue weighted by Gasteiger charge is -2.26. The molecule has 4 aromatic rings. The smallest absolute Gasteiger partial charge is 0.420 e. The van der Waals surface area contributed by atoms with Gasteiger partial charge in [0.25, 0.3) is 0 Å². The van der Waals surface area contributed by atoms with E-state index in [0.29, 0.717) is 50.8 Å². The number of ether oxygens (including phenoxy) is 3. The molecule has 0 saturated carbocycles. The number of benzene rings is 3. The number of hydrogen-bond acceptors (Lipinski definition) is 7. The van der Waals surface area contributed by atoms with Crippen molar-refractivity contribution in [2.24, 2.45) is 12.0 Å². The SMILES string of the molecule is Cn1c(=O)oc2ccc(OCCCN3CCOCC3)cc2c1=Nc1ccc(OCc2cccc(F)c2)c(Cl)c1. The highest BCUT2D eigenvalue weighted by Crippen LogP contribution is 2.30. The first-order valence-corrected chi connectivity index (χ1v) is 13.1. The Morgan fingerprint density at radius 2 is 1.90 bits per heavy atom. The lowest BCUT2D eigenvalue weighted by molar-refractivity contribution is 0.0358. The van der Waals surface area contributed by atoms with Gasteiger partial charge >= 0.3 is 5.76 Å². The van der Waals surface area contributed by atoms with E-state index in [9.17, 15) is 9.18 Å². The molecule has 0 bridgehead atoms. The maximum Gasteiger partial charge on any atom is 0.420 e. The van der Waals surface area contributed by atoms with E-state index in [0.717, 1.165) is 39.3 Å². The molecule has 0 unspecified atom stereocenters. The average Bonchev–Trinajstić information content (AvgIpc) is 2.94. The molecule has 3 aromatic carbocycles. The summed E-state index contributed by atoms with van der Waals surface area (Å²) in [5.74, 6) is 0.232. The maximum absolute atomic E-state index is 13.4. The van der Waals surface area contributed by atoms with Crippen molar-refractivity contribution in [3.8, 4) is 11.5 Å². The summed E-state index contributed by atoms with van der Waals surface area (Å²) in [4.78, 5) is 19.5. The van der Waals surface area contributed by atoms with Gasteiger partial charge in [-0.2, -0.15) is 0 Å². The lowest BCUT2D eigenvalue weighted by atomic mass is 10.2. The van der Waals surface area contributed by atoms with Crippen LogP contribution in [0.15, 0.2) is 74.9 Å². The molecule has 0 spiro atoms. The number of hydrogen-bond donors (Lipinski definition) is 0. The molecule has 10 heteroatoms. The van der Waals surface area contributed by atoms with E-state index < -0.39 is 5.76 Å². The fraction of sp³-hybridized carbons (Fsp3) is 0.310. The van der Waals surface area contributed by atoms with E-state index in [1.54, 1.807) is 49.5 Å². The van der Waals surface area contributed by atoms with Gasteiger partial charge in [0.05, 0.1) is 35.9 Å². The van der Waals surface area contributed by atoms with Crippen molar-refractivity contribution in [3.63, 3.8) is 0 Å². The van der Waals surface area contributed by atoms with Crippen molar-refractivity contribution in [3.05, 3.63) is 93.1 Å². The topological polar surface area (TPSA) is 78.4 Å². The molecule has 39 heavy (non-hydrogen) atoms. The Hall–Kier alpha value is -3.66. The van der Waals surface area contributed by atoms with Crippen LogP contribution in [0.5, 0.6) is 11.5 Å². The van der Waals surface area contributed by atoms with Crippen molar-refractivity contribution in [2.45, 2.75) is 13.0 Å². The monoisotopic (exact) mass is 553 g/mol. The van der Waals surface area contributed by atoms with Crippen LogP contribution in [0.1, 0.15) is 12.0 Å². The highest BCUT2D eigenvalue weighted by molar-refractivity contribution is 6.32. The second-order valence-electron chi connectivity index (χ2n) is 9.21. The number of fused-ring (bicyclic) bond motifs is 1. The van der Waals surface area contributed by atoms with Crippen LogP contribution in [0.2, 0.25) is 5.02 Å².